The van der Waals surface area contributed by atoms with Crippen LogP contribution in [0.4, 0.5) is 0 Å². The van der Waals surface area contributed by atoms with Crippen LogP contribution in [0.5, 0.6) is 11.5 Å². The first kappa shape index (κ1) is 16.7. The molecule has 1 aromatic carbocycles. The number of methoxy groups -OCH3 is 2. The maximum Gasteiger partial charge on any atom is 0.188 e. The lowest BCUT2D eigenvalue weighted by atomic mass is 10.1. The molecule has 0 atom stereocenters. The lowest BCUT2D eigenvalue weighted by molar-refractivity contribution is 0.0491. The zero-order valence-corrected chi connectivity index (χ0v) is 13.2. The van der Waals surface area contributed by atoms with Gasteiger partial charge < -0.3 is 14.2 Å². The van der Waals surface area contributed by atoms with E-state index >= 15 is 0 Å². The van der Waals surface area contributed by atoms with E-state index < -0.39 is 0 Å². The Labute approximate surface area is 135 Å². The predicted molar refractivity (Wildman–Crippen MR) is 87.7 cm³/mol. The van der Waals surface area contributed by atoms with Gasteiger partial charge in [0.1, 0.15) is 0 Å². The summed E-state index contributed by atoms with van der Waals surface area (Å²) in [6.45, 7) is 0.159. The largest absolute Gasteiger partial charge is 0.493 e. The number of carbonyl (C=O) groups is 1. The fourth-order valence-corrected chi connectivity index (χ4v) is 1.99. The average Bonchev–Trinajstić information content (AvgIpc) is 2.61. The van der Waals surface area contributed by atoms with E-state index in [4.69, 9.17) is 14.2 Å². The molecule has 0 spiro atoms. The van der Waals surface area contributed by atoms with E-state index in [1.807, 2.05) is 30.4 Å². The monoisotopic (exact) mass is 313 g/mol. The number of carbonyl (C=O) groups excluding carboxylic acids is 1. The Bertz CT molecular complexity index is 668. The second-order valence-electron chi connectivity index (χ2n) is 4.73. The van der Waals surface area contributed by atoms with Crippen molar-refractivity contribution in [2.45, 2.75) is 6.42 Å². The molecule has 1 heterocycles. The van der Waals surface area contributed by atoms with Gasteiger partial charge in [-0.3, -0.25) is 9.78 Å². The van der Waals surface area contributed by atoms with Crippen LogP contribution < -0.4 is 9.47 Å². The number of allylic oxidation sites excluding steroid dienone is 1. The van der Waals surface area contributed by atoms with Gasteiger partial charge in [0.05, 0.1) is 7.11 Å². The van der Waals surface area contributed by atoms with Crippen molar-refractivity contribution in [3.05, 3.63) is 59.9 Å². The van der Waals surface area contributed by atoms with Gasteiger partial charge in [-0.25, -0.2) is 0 Å². The summed E-state index contributed by atoms with van der Waals surface area (Å²) in [5.74, 6) is 1.28. The van der Waals surface area contributed by atoms with Crippen molar-refractivity contribution >= 4 is 11.9 Å². The van der Waals surface area contributed by atoms with E-state index in [1.54, 1.807) is 38.7 Å². The maximum absolute atomic E-state index is 12.0. The smallest absolute Gasteiger partial charge is 0.188 e. The standard InChI is InChI=1S/C18H19NO4/c1-21-13-23-17-7-6-14(12-18(17)22-2)4-3-5-16(20)15-8-10-19-11-9-15/h3-4,6-12H,5,13H2,1-2H3/b4-3+. The summed E-state index contributed by atoms with van der Waals surface area (Å²) in [5, 5.41) is 0. The summed E-state index contributed by atoms with van der Waals surface area (Å²) in [6, 6.07) is 8.96. The molecular formula is C18H19NO4. The molecule has 0 saturated heterocycles. The number of aromatic nitrogens is 1. The van der Waals surface area contributed by atoms with Crippen molar-refractivity contribution in [1.82, 2.24) is 4.98 Å². The third kappa shape index (κ3) is 4.93. The molecule has 2 aromatic rings. The molecule has 23 heavy (non-hydrogen) atoms. The van der Waals surface area contributed by atoms with Crippen LogP contribution >= 0.6 is 0 Å². The molecule has 0 fully saturated rings. The van der Waals surface area contributed by atoms with E-state index in [-0.39, 0.29) is 12.6 Å². The van der Waals surface area contributed by atoms with Gasteiger partial charge in [-0.2, -0.15) is 0 Å². The van der Waals surface area contributed by atoms with E-state index in [0.29, 0.717) is 23.5 Å². The van der Waals surface area contributed by atoms with Crippen molar-refractivity contribution in [2.75, 3.05) is 21.0 Å². The fourth-order valence-electron chi connectivity index (χ4n) is 1.99. The Morgan fingerprint density at radius 1 is 1.13 bits per heavy atom. The zero-order chi connectivity index (χ0) is 16.5. The molecule has 0 unspecified atom stereocenters. The van der Waals surface area contributed by atoms with Gasteiger partial charge >= 0.3 is 0 Å². The molecule has 0 bridgehead atoms. The molecule has 120 valence electrons. The van der Waals surface area contributed by atoms with Crippen LogP contribution in [0.2, 0.25) is 0 Å². The Morgan fingerprint density at radius 3 is 2.61 bits per heavy atom. The number of hydrogen-bond donors (Lipinski definition) is 0. The van der Waals surface area contributed by atoms with Gasteiger partial charge in [0.25, 0.3) is 0 Å². The molecule has 0 saturated carbocycles. The first-order valence-corrected chi connectivity index (χ1v) is 7.14. The van der Waals surface area contributed by atoms with E-state index in [1.165, 1.54) is 0 Å². The first-order chi connectivity index (χ1) is 11.2. The minimum atomic E-state index is 0.0515. The number of nitrogens with zero attached hydrogens (tertiary/aromatic N) is 1. The van der Waals surface area contributed by atoms with Gasteiger partial charge in [-0.15, -0.1) is 0 Å². The summed E-state index contributed by atoms with van der Waals surface area (Å²) >= 11 is 0. The fraction of sp³-hybridized carbons (Fsp3) is 0.222. The highest BCUT2D eigenvalue weighted by molar-refractivity contribution is 5.97. The highest BCUT2D eigenvalue weighted by atomic mass is 16.7. The molecule has 0 aliphatic carbocycles. The second-order valence-corrected chi connectivity index (χ2v) is 4.73. The summed E-state index contributed by atoms with van der Waals surface area (Å²) in [6.07, 6.45) is 7.25. The minimum absolute atomic E-state index is 0.0515. The molecule has 0 N–H and O–H groups in total. The summed E-state index contributed by atoms with van der Waals surface area (Å²) in [4.78, 5) is 15.9. The van der Waals surface area contributed by atoms with Crippen LogP contribution in [0.15, 0.2) is 48.8 Å². The molecular weight excluding hydrogens is 294 g/mol. The van der Waals surface area contributed by atoms with Crippen molar-refractivity contribution < 1.29 is 19.0 Å². The predicted octanol–water partition coefficient (Wildman–Crippen LogP) is 3.36. The molecule has 5 nitrogen and oxygen atoms in total. The summed E-state index contributed by atoms with van der Waals surface area (Å²) in [5.41, 5.74) is 1.58. The Morgan fingerprint density at radius 2 is 1.91 bits per heavy atom. The zero-order valence-electron chi connectivity index (χ0n) is 13.2. The summed E-state index contributed by atoms with van der Waals surface area (Å²) < 4.78 is 15.6. The van der Waals surface area contributed by atoms with E-state index in [0.717, 1.165) is 5.56 Å². The van der Waals surface area contributed by atoms with E-state index in [9.17, 15) is 4.79 Å². The number of ether oxygens (including phenoxy) is 3. The number of pyridine rings is 1. The number of benzene rings is 1. The molecule has 2 rings (SSSR count). The number of ketones is 1. The maximum atomic E-state index is 12.0. The SMILES string of the molecule is COCOc1ccc(/C=C/CC(=O)c2ccncc2)cc1OC. The van der Waals surface area contributed by atoms with Crippen LogP contribution in [0.3, 0.4) is 0 Å². The van der Waals surface area contributed by atoms with Crippen molar-refractivity contribution in [1.29, 1.82) is 0 Å². The number of rotatable bonds is 8. The van der Waals surface area contributed by atoms with E-state index in [2.05, 4.69) is 4.98 Å². The van der Waals surface area contributed by atoms with Crippen molar-refractivity contribution in [3.8, 4) is 11.5 Å². The van der Waals surface area contributed by atoms with Gasteiger partial charge in [0, 0.05) is 31.5 Å². The lowest BCUT2D eigenvalue weighted by Gasteiger charge is -2.10. The summed E-state index contributed by atoms with van der Waals surface area (Å²) in [7, 11) is 3.14. The lowest BCUT2D eigenvalue weighted by Crippen LogP contribution is -2.00. The Hall–Kier alpha value is -2.66. The first-order valence-electron chi connectivity index (χ1n) is 7.14. The van der Waals surface area contributed by atoms with Crippen LogP contribution in [-0.4, -0.2) is 31.8 Å². The van der Waals surface area contributed by atoms with Crippen molar-refractivity contribution in [3.63, 3.8) is 0 Å². The average molecular weight is 313 g/mol. The van der Waals surface area contributed by atoms with Gasteiger partial charge in [-0.05, 0) is 29.8 Å². The van der Waals surface area contributed by atoms with Gasteiger partial charge in [-0.1, -0.05) is 18.2 Å². The quantitative estimate of drug-likeness (QED) is 0.552. The second kappa shape index (κ2) is 8.70. The Balaban J connectivity index is 2.00. The molecule has 1 aromatic heterocycles. The topological polar surface area (TPSA) is 57.7 Å². The number of hydrogen-bond acceptors (Lipinski definition) is 5. The molecule has 0 aliphatic heterocycles. The van der Waals surface area contributed by atoms with Gasteiger partial charge in [0.15, 0.2) is 24.1 Å². The third-order valence-electron chi connectivity index (χ3n) is 3.14. The van der Waals surface area contributed by atoms with Crippen LogP contribution in [0.25, 0.3) is 6.08 Å². The highest BCUT2D eigenvalue weighted by Gasteiger charge is 2.05. The minimum Gasteiger partial charge on any atom is -0.493 e. The van der Waals surface area contributed by atoms with Gasteiger partial charge in [0.2, 0.25) is 0 Å². The Kier molecular flexibility index (Phi) is 6.32. The van der Waals surface area contributed by atoms with Crippen LogP contribution in [-0.2, 0) is 4.74 Å². The van der Waals surface area contributed by atoms with Crippen LogP contribution in [0, 0.1) is 0 Å². The van der Waals surface area contributed by atoms with Crippen molar-refractivity contribution in [2.24, 2.45) is 0 Å². The molecule has 0 aliphatic rings. The van der Waals surface area contributed by atoms with Crippen LogP contribution in [0.1, 0.15) is 22.3 Å². The molecule has 0 amide bonds. The highest BCUT2D eigenvalue weighted by Crippen LogP contribution is 2.28. The number of Topliss-reactive ketones (excluding diaryl/α,β-unsaturated/α-hetero) is 1. The molecule has 5 heteroatoms. The third-order valence-corrected chi connectivity index (χ3v) is 3.14. The normalized spacial score (nSPS) is 10.7. The molecule has 0 radical (unpaired) electrons.